The van der Waals surface area contributed by atoms with E-state index in [1.165, 1.54) is 4.68 Å². The average molecular weight is 237 g/mol. The lowest BCUT2D eigenvalue weighted by molar-refractivity contribution is -0.118. The maximum atomic E-state index is 10.7. The van der Waals surface area contributed by atoms with Gasteiger partial charge in [0.05, 0.1) is 23.9 Å². The Morgan fingerprint density at radius 3 is 3.12 bits per heavy atom. The number of hydrogen-bond acceptors (Lipinski definition) is 5. The Balaban J connectivity index is 1.90. The molecule has 0 aromatic carbocycles. The smallest absolute Gasteiger partial charge is 0.239 e. The molecule has 0 saturated heterocycles. The van der Waals surface area contributed by atoms with Crippen LogP contribution in [0.4, 0.5) is 5.69 Å². The molecule has 0 saturated carbocycles. The topological polar surface area (TPSA) is 85.8 Å². The summed E-state index contributed by atoms with van der Waals surface area (Å²) in [6.07, 6.45) is 5.21. The van der Waals surface area contributed by atoms with Crippen LogP contribution in [-0.2, 0) is 17.9 Å². The number of nitrogens with one attached hydrogen (secondary N) is 1. The molecule has 84 valence electrons. The van der Waals surface area contributed by atoms with Crippen LogP contribution in [0.2, 0.25) is 0 Å². The molecule has 2 heterocycles. The van der Waals surface area contributed by atoms with Crippen LogP contribution in [0.3, 0.4) is 0 Å². The number of primary amides is 1. The second kappa shape index (κ2) is 4.75. The monoisotopic (exact) mass is 237 g/mol. The fourth-order valence-corrected chi connectivity index (χ4v) is 1.75. The largest absolute Gasteiger partial charge is 0.378 e. The highest BCUT2D eigenvalue weighted by molar-refractivity contribution is 7.09. The van der Waals surface area contributed by atoms with Gasteiger partial charge in [0.25, 0.3) is 0 Å². The van der Waals surface area contributed by atoms with E-state index < -0.39 is 5.91 Å². The number of rotatable bonds is 5. The van der Waals surface area contributed by atoms with Crippen molar-refractivity contribution in [1.29, 1.82) is 0 Å². The van der Waals surface area contributed by atoms with Gasteiger partial charge < -0.3 is 11.1 Å². The lowest BCUT2D eigenvalue weighted by Gasteiger charge is -1.99. The van der Waals surface area contributed by atoms with Crippen molar-refractivity contribution in [1.82, 2.24) is 14.8 Å². The van der Waals surface area contributed by atoms with Gasteiger partial charge in [-0.3, -0.25) is 14.5 Å². The average Bonchev–Trinajstić information content (AvgIpc) is 2.84. The van der Waals surface area contributed by atoms with Crippen molar-refractivity contribution in [2.24, 2.45) is 5.73 Å². The van der Waals surface area contributed by atoms with Gasteiger partial charge >= 0.3 is 0 Å². The molecule has 0 aliphatic carbocycles. The maximum absolute atomic E-state index is 10.7. The van der Waals surface area contributed by atoms with E-state index in [1.54, 1.807) is 29.2 Å². The van der Waals surface area contributed by atoms with Gasteiger partial charge in [0.2, 0.25) is 5.91 Å². The molecule has 0 aliphatic rings. The quantitative estimate of drug-likeness (QED) is 0.790. The zero-order valence-electron chi connectivity index (χ0n) is 8.46. The van der Waals surface area contributed by atoms with E-state index in [0.717, 1.165) is 10.6 Å². The Bertz CT molecular complexity index is 464. The fraction of sp³-hybridized carbons (Fsp3) is 0.222. The third-order valence-corrected chi connectivity index (χ3v) is 2.68. The summed E-state index contributed by atoms with van der Waals surface area (Å²) in [6.45, 7) is 0.801. The lowest BCUT2D eigenvalue weighted by Crippen LogP contribution is -2.18. The van der Waals surface area contributed by atoms with Crippen LogP contribution < -0.4 is 11.1 Å². The van der Waals surface area contributed by atoms with E-state index in [1.807, 2.05) is 6.20 Å². The molecule has 2 aromatic rings. The number of nitrogens with two attached hydrogens (primary N) is 1. The van der Waals surface area contributed by atoms with E-state index in [9.17, 15) is 4.79 Å². The first kappa shape index (κ1) is 10.6. The minimum Gasteiger partial charge on any atom is -0.378 e. The molecular formula is C9H11N5OS. The zero-order chi connectivity index (χ0) is 11.4. The second-order valence-electron chi connectivity index (χ2n) is 3.21. The molecule has 0 spiro atoms. The van der Waals surface area contributed by atoms with E-state index >= 15 is 0 Å². The normalized spacial score (nSPS) is 10.2. The van der Waals surface area contributed by atoms with E-state index in [0.29, 0.717) is 6.54 Å². The first-order chi connectivity index (χ1) is 7.74. The maximum Gasteiger partial charge on any atom is 0.239 e. The summed E-state index contributed by atoms with van der Waals surface area (Å²) >= 11 is 1.58. The number of aromatic nitrogens is 3. The summed E-state index contributed by atoms with van der Waals surface area (Å²) in [5.41, 5.74) is 7.70. The summed E-state index contributed by atoms with van der Waals surface area (Å²) in [7, 11) is 0. The molecule has 1 amide bonds. The number of carbonyl (C=O) groups is 1. The summed E-state index contributed by atoms with van der Waals surface area (Å²) in [4.78, 5) is 15.8. The van der Waals surface area contributed by atoms with Crippen molar-refractivity contribution in [2.75, 3.05) is 5.32 Å². The molecule has 3 N–H and O–H groups in total. The number of nitrogens with zero attached hydrogens (tertiary/aromatic N) is 3. The van der Waals surface area contributed by atoms with Crippen molar-refractivity contribution in [3.8, 4) is 0 Å². The van der Waals surface area contributed by atoms with Crippen LogP contribution >= 0.6 is 11.3 Å². The van der Waals surface area contributed by atoms with Crippen LogP contribution in [-0.4, -0.2) is 20.7 Å². The molecule has 0 atom stereocenters. The molecule has 7 heteroatoms. The number of anilines is 1. The lowest BCUT2D eigenvalue weighted by atomic mass is 10.5. The Morgan fingerprint density at radius 1 is 1.56 bits per heavy atom. The van der Waals surface area contributed by atoms with Crippen molar-refractivity contribution >= 4 is 22.9 Å². The van der Waals surface area contributed by atoms with Gasteiger partial charge in [0.1, 0.15) is 6.54 Å². The SMILES string of the molecule is NC(=O)Cn1cc(NCc2cncs2)cn1. The van der Waals surface area contributed by atoms with Crippen molar-refractivity contribution < 1.29 is 4.79 Å². The van der Waals surface area contributed by atoms with Gasteiger partial charge in [0.15, 0.2) is 0 Å². The predicted octanol–water partition coefficient (Wildman–Crippen LogP) is 0.437. The number of thiazole rings is 1. The molecule has 0 bridgehead atoms. The highest BCUT2D eigenvalue weighted by Crippen LogP contribution is 2.10. The highest BCUT2D eigenvalue weighted by atomic mass is 32.1. The Kier molecular flexibility index (Phi) is 3.16. The summed E-state index contributed by atoms with van der Waals surface area (Å²) in [5, 5.41) is 7.17. The summed E-state index contributed by atoms with van der Waals surface area (Å²) in [6, 6.07) is 0. The van der Waals surface area contributed by atoms with Gasteiger partial charge in [-0.25, -0.2) is 0 Å². The molecule has 0 fully saturated rings. The Labute approximate surface area is 96.1 Å². The van der Waals surface area contributed by atoms with E-state index in [2.05, 4.69) is 15.4 Å². The van der Waals surface area contributed by atoms with Crippen LogP contribution in [0.15, 0.2) is 24.1 Å². The molecule has 2 rings (SSSR count). The van der Waals surface area contributed by atoms with Gasteiger partial charge in [0, 0.05) is 17.3 Å². The molecule has 6 nitrogen and oxygen atoms in total. The van der Waals surface area contributed by atoms with Crippen LogP contribution in [0.5, 0.6) is 0 Å². The van der Waals surface area contributed by atoms with Gasteiger partial charge in [-0.1, -0.05) is 0 Å². The van der Waals surface area contributed by atoms with Crippen molar-refractivity contribution in [3.05, 3.63) is 29.0 Å². The standard InChI is InChI=1S/C9H11N5OS/c10-9(15)5-14-4-7(1-13-14)12-3-8-2-11-6-16-8/h1-2,4,6,12H,3,5H2,(H2,10,15). The molecule has 0 unspecified atom stereocenters. The minimum atomic E-state index is -0.405. The zero-order valence-corrected chi connectivity index (χ0v) is 9.28. The number of carbonyl (C=O) groups excluding carboxylic acids is 1. The van der Waals surface area contributed by atoms with Crippen molar-refractivity contribution in [3.63, 3.8) is 0 Å². The van der Waals surface area contributed by atoms with Gasteiger partial charge in [-0.15, -0.1) is 11.3 Å². The van der Waals surface area contributed by atoms with Crippen LogP contribution in [0.25, 0.3) is 0 Å². The number of hydrogen-bond donors (Lipinski definition) is 2. The number of amides is 1. The molecule has 0 radical (unpaired) electrons. The fourth-order valence-electron chi connectivity index (χ4n) is 1.22. The van der Waals surface area contributed by atoms with Gasteiger partial charge in [-0.2, -0.15) is 5.10 Å². The Morgan fingerprint density at radius 2 is 2.44 bits per heavy atom. The first-order valence-corrected chi connectivity index (χ1v) is 5.54. The minimum absolute atomic E-state index is 0.0994. The summed E-state index contributed by atoms with van der Waals surface area (Å²) < 4.78 is 1.50. The second-order valence-corrected chi connectivity index (χ2v) is 4.19. The first-order valence-electron chi connectivity index (χ1n) is 4.66. The third-order valence-electron chi connectivity index (χ3n) is 1.90. The van der Waals surface area contributed by atoms with E-state index in [4.69, 9.17) is 5.73 Å². The van der Waals surface area contributed by atoms with Gasteiger partial charge in [-0.05, 0) is 0 Å². The predicted molar refractivity (Wildman–Crippen MR) is 60.9 cm³/mol. The summed E-state index contributed by atoms with van der Waals surface area (Å²) in [5.74, 6) is -0.405. The molecule has 16 heavy (non-hydrogen) atoms. The molecule has 2 aromatic heterocycles. The molecular weight excluding hydrogens is 226 g/mol. The van der Waals surface area contributed by atoms with E-state index in [-0.39, 0.29) is 6.54 Å². The van der Waals surface area contributed by atoms with Crippen LogP contribution in [0, 0.1) is 0 Å². The third kappa shape index (κ3) is 2.80. The Hall–Kier alpha value is -1.89. The van der Waals surface area contributed by atoms with Crippen molar-refractivity contribution in [2.45, 2.75) is 13.1 Å². The van der Waals surface area contributed by atoms with Crippen LogP contribution in [0.1, 0.15) is 4.88 Å². The highest BCUT2D eigenvalue weighted by Gasteiger charge is 2.01. The molecule has 0 aliphatic heterocycles.